The molecule has 0 aromatic carbocycles. The molecule has 0 amide bonds. The number of aliphatic hydroxyl groups excluding tert-OH is 1. The lowest BCUT2D eigenvalue weighted by molar-refractivity contribution is -0.0304. The van der Waals surface area contributed by atoms with Crippen molar-refractivity contribution in [1.29, 1.82) is 0 Å². The zero-order valence-electron chi connectivity index (χ0n) is 11.6. The van der Waals surface area contributed by atoms with Gasteiger partial charge in [0.2, 0.25) is 0 Å². The van der Waals surface area contributed by atoms with Crippen LogP contribution in [0.1, 0.15) is 65.2 Å². The zero-order valence-corrected chi connectivity index (χ0v) is 11.6. The first-order valence-electron chi connectivity index (χ1n) is 7.66. The first kappa shape index (κ1) is 13.4. The summed E-state index contributed by atoms with van der Waals surface area (Å²) in [6.45, 7) is 6.63. The van der Waals surface area contributed by atoms with Crippen LogP contribution in [0.5, 0.6) is 0 Å². The fourth-order valence-electron chi connectivity index (χ4n) is 3.77. The van der Waals surface area contributed by atoms with Crippen LogP contribution in [0, 0.1) is 5.92 Å². The summed E-state index contributed by atoms with van der Waals surface area (Å²) in [5.41, 5.74) is 0.123. The summed E-state index contributed by atoms with van der Waals surface area (Å²) in [7, 11) is 0. The van der Waals surface area contributed by atoms with Crippen LogP contribution in [0.2, 0.25) is 0 Å². The molecular weight excluding hydrogens is 210 g/mol. The molecule has 2 nitrogen and oxygen atoms in total. The lowest BCUT2D eigenvalue weighted by atomic mass is 9.85. The van der Waals surface area contributed by atoms with E-state index >= 15 is 0 Å². The molecule has 100 valence electrons. The summed E-state index contributed by atoms with van der Waals surface area (Å²) in [4.78, 5) is 2.53. The summed E-state index contributed by atoms with van der Waals surface area (Å²) < 4.78 is 0. The zero-order chi connectivity index (χ0) is 12.3. The molecule has 2 heteroatoms. The normalized spacial score (nSPS) is 25.4. The van der Waals surface area contributed by atoms with E-state index in [9.17, 15) is 5.11 Å². The molecule has 1 N–H and O–H groups in total. The lowest BCUT2D eigenvalue weighted by Crippen LogP contribution is -2.54. The highest BCUT2D eigenvalue weighted by atomic mass is 16.3. The molecule has 0 radical (unpaired) electrons. The second-order valence-corrected chi connectivity index (χ2v) is 6.02. The molecule has 1 unspecified atom stereocenters. The van der Waals surface area contributed by atoms with Crippen molar-refractivity contribution in [2.45, 2.75) is 76.9 Å². The van der Waals surface area contributed by atoms with Gasteiger partial charge >= 0.3 is 0 Å². The summed E-state index contributed by atoms with van der Waals surface area (Å²) in [6.07, 6.45) is 10.0. The van der Waals surface area contributed by atoms with Crippen LogP contribution in [0.15, 0.2) is 0 Å². The molecule has 2 aliphatic rings. The molecule has 0 aliphatic heterocycles. The van der Waals surface area contributed by atoms with Crippen molar-refractivity contribution >= 4 is 0 Å². The van der Waals surface area contributed by atoms with Crippen molar-refractivity contribution in [3.63, 3.8) is 0 Å². The van der Waals surface area contributed by atoms with Gasteiger partial charge in [-0.15, -0.1) is 0 Å². The summed E-state index contributed by atoms with van der Waals surface area (Å²) >= 11 is 0. The molecule has 0 aromatic heterocycles. The molecule has 0 aromatic rings. The van der Waals surface area contributed by atoms with Crippen LogP contribution in [-0.2, 0) is 0 Å². The van der Waals surface area contributed by atoms with E-state index in [1.165, 1.54) is 44.9 Å². The van der Waals surface area contributed by atoms with Crippen molar-refractivity contribution in [2.75, 3.05) is 13.1 Å². The minimum absolute atomic E-state index is 0.0921. The largest absolute Gasteiger partial charge is 0.391 e. The Morgan fingerprint density at radius 2 is 1.76 bits per heavy atom. The van der Waals surface area contributed by atoms with Crippen LogP contribution in [0.4, 0.5) is 0 Å². The van der Waals surface area contributed by atoms with Gasteiger partial charge in [-0.25, -0.2) is 0 Å². The highest BCUT2D eigenvalue weighted by Crippen LogP contribution is 2.41. The van der Waals surface area contributed by atoms with Gasteiger partial charge in [-0.05, 0) is 44.7 Å². The molecule has 0 spiro atoms. The summed E-state index contributed by atoms with van der Waals surface area (Å²) in [5.74, 6) is 0.944. The first-order chi connectivity index (χ1) is 8.23. The van der Waals surface area contributed by atoms with Gasteiger partial charge in [-0.1, -0.05) is 39.5 Å². The van der Waals surface area contributed by atoms with Gasteiger partial charge in [-0.2, -0.15) is 0 Å². The van der Waals surface area contributed by atoms with Crippen molar-refractivity contribution in [3.8, 4) is 0 Å². The van der Waals surface area contributed by atoms with Crippen molar-refractivity contribution in [2.24, 2.45) is 5.92 Å². The Balaban J connectivity index is 1.97. The molecule has 2 fully saturated rings. The predicted molar refractivity (Wildman–Crippen MR) is 72.1 cm³/mol. The number of nitrogens with zero attached hydrogens (tertiary/aromatic N) is 1. The maximum Gasteiger partial charge on any atom is 0.0723 e. The minimum atomic E-state index is -0.0921. The van der Waals surface area contributed by atoms with Crippen LogP contribution >= 0.6 is 0 Å². The molecule has 0 heterocycles. The SMILES string of the molecule is CCN(CC)C1(C(O)CCC2CC2)CCCC1. The van der Waals surface area contributed by atoms with E-state index in [1.807, 2.05) is 0 Å². The van der Waals surface area contributed by atoms with E-state index in [1.54, 1.807) is 0 Å². The second-order valence-electron chi connectivity index (χ2n) is 6.02. The Morgan fingerprint density at radius 3 is 2.24 bits per heavy atom. The van der Waals surface area contributed by atoms with Crippen molar-refractivity contribution < 1.29 is 5.11 Å². The molecular formula is C15H29NO. The quantitative estimate of drug-likeness (QED) is 0.737. The monoisotopic (exact) mass is 239 g/mol. The van der Waals surface area contributed by atoms with Gasteiger partial charge < -0.3 is 5.11 Å². The fourth-order valence-corrected chi connectivity index (χ4v) is 3.77. The molecule has 17 heavy (non-hydrogen) atoms. The van der Waals surface area contributed by atoms with E-state index < -0.39 is 0 Å². The van der Waals surface area contributed by atoms with Gasteiger partial charge in [0.15, 0.2) is 0 Å². The van der Waals surface area contributed by atoms with E-state index in [2.05, 4.69) is 18.7 Å². The number of aliphatic hydroxyl groups is 1. The van der Waals surface area contributed by atoms with Gasteiger partial charge in [0, 0.05) is 5.54 Å². The van der Waals surface area contributed by atoms with Gasteiger partial charge in [0.25, 0.3) is 0 Å². The molecule has 2 saturated carbocycles. The van der Waals surface area contributed by atoms with E-state index in [4.69, 9.17) is 0 Å². The van der Waals surface area contributed by atoms with Gasteiger partial charge in [0.1, 0.15) is 0 Å². The van der Waals surface area contributed by atoms with Crippen LogP contribution in [-0.4, -0.2) is 34.7 Å². The topological polar surface area (TPSA) is 23.5 Å². The third-order valence-corrected chi connectivity index (χ3v) is 5.03. The standard InChI is InChI=1S/C15H29NO/c1-3-16(4-2)15(11-5-6-12-15)14(17)10-9-13-7-8-13/h13-14,17H,3-12H2,1-2H3. The average Bonchev–Trinajstić information content (AvgIpc) is 3.05. The van der Waals surface area contributed by atoms with Crippen molar-refractivity contribution in [3.05, 3.63) is 0 Å². The summed E-state index contributed by atoms with van der Waals surface area (Å²) in [6, 6.07) is 0. The Kier molecular flexibility index (Phi) is 4.48. The highest BCUT2D eigenvalue weighted by Gasteiger charge is 2.44. The van der Waals surface area contributed by atoms with E-state index in [0.717, 1.165) is 25.4 Å². The maximum atomic E-state index is 10.7. The van der Waals surface area contributed by atoms with Crippen LogP contribution in [0.3, 0.4) is 0 Å². The van der Waals surface area contributed by atoms with Gasteiger partial charge in [0.05, 0.1) is 6.10 Å². The third-order valence-electron chi connectivity index (χ3n) is 5.03. The second kappa shape index (κ2) is 5.71. The number of rotatable bonds is 7. The molecule has 0 saturated heterocycles. The van der Waals surface area contributed by atoms with Crippen molar-refractivity contribution in [1.82, 2.24) is 4.90 Å². The number of hydrogen-bond donors (Lipinski definition) is 1. The average molecular weight is 239 g/mol. The fraction of sp³-hybridized carbons (Fsp3) is 1.00. The van der Waals surface area contributed by atoms with Gasteiger partial charge in [-0.3, -0.25) is 4.90 Å². The lowest BCUT2D eigenvalue weighted by Gasteiger charge is -2.44. The number of hydrogen-bond acceptors (Lipinski definition) is 2. The minimum Gasteiger partial charge on any atom is -0.391 e. The molecule has 0 bridgehead atoms. The predicted octanol–water partition coefficient (Wildman–Crippen LogP) is 3.19. The molecule has 2 aliphatic carbocycles. The third kappa shape index (κ3) is 2.85. The first-order valence-corrected chi connectivity index (χ1v) is 7.66. The Hall–Kier alpha value is -0.0800. The van der Waals surface area contributed by atoms with E-state index in [0.29, 0.717) is 0 Å². The maximum absolute atomic E-state index is 10.7. The van der Waals surface area contributed by atoms with E-state index in [-0.39, 0.29) is 11.6 Å². The molecule has 1 atom stereocenters. The number of likely N-dealkylation sites (N-methyl/N-ethyl adjacent to an activating group) is 1. The smallest absolute Gasteiger partial charge is 0.0723 e. The van der Waals surface area contributed by atoms with Crippen LogP contribution < -0.4 is 0 Å². The Bertz CT molecular complexity index is 227. The highest BCUT2D eigenvalue weighted by molar-refractivity contribution is 5.00. The van der Waals surface area contributed by atoms with Crippen LogP contribution in [0.25, 0.3) is 0 Å². The molecule has 2 rings (SSSR count). The summed E-state index contributed by atoms with van der Waals surface area (Å²) in [5, 5.41) is 10.7. The Labute approximate surface area is 106 Å². The Morgan fingerprint density at radius 1 is 1.18 bits per heavy atom.